The molecule has 0 aromatic heterocycles. The van der Waals surface area contributed by atoms with Gasteiger partial charge in [-0.25, -0.2) is 0 Å². The topological polar surface area (TPSA) is 20.2 Å². The van der Waals surface area contributed by atoms with Crippen LogP contribution in [0, 0.1) is 5.92 Å². The van der Waals surface area contributed by atoms with E-state index in [9.17, 15) is 5.11 Å². The van der Waals surface area contributed by atoms with Crippen LogP contribution in [0.3, 0.4) is 0 Å². The van der Waals surface area contributed by atoms with Gasteiger partial charge in [0.05, 0.1) is 5.60 Å². The maximum atomic E-state index is 11.2. The predicted molar refractivity (Wildman–Crippen MR) is 85.9 cm³/mol. The molecular formula is C19H30O. The number of benzene rings is 1. The average molecular weight is 274 g/mol. The van der Waals surface area contributed by atoms with Gasteiger partial charge in [-0.2, -0.15) is 0 Å². The highest BCUT2D eigenvalue weighted by Crippen LogP contribution is 2.45. The van der Waals surface area contributed by atoms with Gasteiger partial charge in [-0.3, -0.25) is 0 Å². The number of aliphatic hydroxyl groups is 1. The number of hydrogen-bond donors (Lipinski definition) is 1. The molecule has 0 radical (unpaired) electrons. The molecule has 0 spiro atoms. The number of rotatable bonds is 6. The first-order valence-electron chi connectivity index (χ1n) is 8.42. The second-order valence-corrected chi connectivity index (χ2v) is 6.68. The molecule has 1 aliphatic rings. The van der Waals surface area contributed by atoms with E-state index in [0.29, 0.717) is 11.8 Å². The summed E-state index contributed by atoms with van der Waals surface area (Å²) in [6.07, 6.45) is 7.95. The monoisotopic (exact) mass is 274 g/mol. The van der Waals surface area contributed by atoms with Crippen LogP contribution in [0.4, 0.5) is 0 Å². The third kappa shape index (κ3) is 3.25. The van der Waals surface area contributed by atoms with Gasteiger partial charge < -0.3 is 5.11 Å². The maximum absolute atomic E-state index is 11.2. The molecule has 112 valence electrons. The Kier molecular flexibility index (Phi) is 5.26. The molecule has 2 rings (SSSR count). The van der Waals surface area contributed by atoms with Crippen LogP contribution >= 0.6 is 0 Å². The standard InChI is InChI=1S/C19H30O/c1-4-6-9-16(5-2)14-19(20)13-12-15(3)17-10-7-8-11-18(17)19/h7-8,10-11,15-16,20H,4-6,9,12-14H2,1-3H3. The molecule has 1 aromatic carbocycles. The van der Waals surface area contributed by atoms with Gasteiger partial charge in [0.15, 0.2) is 0 Å². The quantitative estimate of drug-likeness (QED) is 0.738. The fourth-order valence-electron chi connectivity index (χ4n) is 3.73. The first-order valence-corrected chi connectivity index (χ1v) is 8.42. The van der Waals surface area contributed by atoms with E-state index in [1.807, 2.05) is 0 Å². The minimum atomic E-state index is -0.586. The van der Waals surface area contributed by atoms with E-state index in [-0.39, 0.29) is 0 Å². The lowest BCUT2D eigenvalue weighted by atomic mass is 9.70. The molecule has 0 fully saturated rings. The molecule has 1 aliphatic carbocycles. The van der Waals surface area contributed by atoms with E-state index in [2.05, 4.69) is 45.0 Å². The fourth-order valence-corrected chi connectivity index (χ4v) is 3.73. The van der Waals surface area contributed by atoms with Crippen molar-refractivity contribution in [1.82, 2.24) is 0 Å². The molecule has 3 unspecified atom stereocenters. The molecule has 0 saturated heterocycles. The SMILES string of the molecule is CCCCC(CC)CC1(O)CCC(C)c2ccccc21. The number of unbranched alkanes of at least 4 members (excludes halogenated alkanes) is 1. The van der Waals surface area contributed by atoms with Crippen LogP contribution in [0.15, 0.2) is 24.3 Å². The molecule has 0 saturated carbocycles. The van der Waals surface area contributed by atoms with Crippen LogP contribution in [0.1, 0.15) is 82.8 Å². The highest BCUT2D eigenvalue weighted by Gasteiger charge is 2.37. The summed E-state index contributed by atoms with van der Waals surface area (Å²) in [6, 6.07) is 8.54. The summed E-state index contributed by atoms with van der Waals surface area (Å²) < 4.78 is 0. The summed E-state index contributed by atoms with van der Waals surface area (Å²) in [6.45, 7) is 6.80. The van der Waals surface area contributed by atoms with Crippen LogP contribution in [-0.4, -0.2) is 5.11 Å². The van der Waals surface area contributed by atoms with E-state index in [0.717, 1.165) is 19.3 Å². The first kappa shape index (κ1) is 15.6. The Labute approximate surface area is 124 Å². The molecule has 1 nitrogen and oxygen atoms in total. The Bertz CT molecular complexity index is 426. The lowest BCUT2D eigenvalue weighted by Gasteiger charge is -2.39. The summed E-state index contributed by atoms with van der Waals surface area (Å²) in [4.78, 5) is 0. The van der Waals surface area contributed by atoms with Gasteiger partial charge in [-0.05, 0) is 42.2 Å². The van der Waals surface area contributed by atoms with E-state index in [1.54, 1.807) is 0 Å². The third-order valence-electron chi connectivity index (χ3n) is 5.15. The van der Waals surface area contributed by atoms with E-state index < -0.39 is 5.60 Å². The molecule has 1 N–H and O–H groups in total. The highest BCUT2D eigenvalue weighted by atomic mass is 16.3. The molecule has 0 bridgehead atoms. The largest absolute Gasteiger partial charge is 0.385 e. The lowest BCUT2D eigenvalue weighted by Crippen LogP contribution is -2.34. The van der Waals surface area contributed by atoms with Crippen molar-refractivity contribution < 1.29 is 5.11 Å². The third-order valence-corrected chi connectivity index (χ3v) is 5.15. The van der Waals surface area contributed by atoms with Crippen molar-refractivity contribution in [3.63, 3.8) is 0 Å². The van der Waals surface area contributed by atoms with Crippen LogP contribution in [0.25, 0.3) is 0 Å². The summed E-state index contributed by atoms with van der Waals surface area (Å²) in [7, 11) is 0. The van der Waals surface area contributed by atoms with Gasteiger partial charge in [0, 0.05) is 0 Å². The maximum Gasteiger partial charge on any atom is 0.0902 e. The Morgan fingerprint density at radius 1 is 1.30 bits per heavy atom. The first-order chi connectivity index (χ1) is 9.60. The predicted octanol–water partition coefficient (Wildman–Crippen LogP) is 5.38. The summed E-state index contributed by atoms with van der Waals surface area (Å²) in [5.41, 5.74) is 1.98. The van der Waals surface area contributed by atoms with Gasteiger partial charge in [0.1, 0.15) is 0 Å². The minimum absolute atomic E-state index is 0.585. The lowest BCUT2D eigenvalue weighted by molar-refractivity contribution is -0.0101. The van der Waals surface area contributed by atoms with Gasteiger partial charge in [-0.1, -0.05) is 70.7 Å². The van der Waals surface area contributed by atoms with Crippen molar-refractivity contribution in [3.8, 4) is 0 Å². The van der Waals surface area contributed by atoms with Crippen molar-refractivity contribution in [1.29, 1.82) is 0 Å². The molecule has 0 amide bonds. The van der Waals surface area contributed by atoms with Gasteiger partial charge in [0.2, 0.25) is 0 Å². The van der Waals surface area contributed by atoms with E-state index in [1.165, 1.54) is 36.8 Å². The van der Waals surface area contributed by atoms with Gasteiger partial charge >= 0.3 is 0 Å². The minimum Gasteiger partial charge on any atom is -0.385 e. The summed E-state index contributed by atoms with van der Waals surface area (Å²) in [5, 5.41) is 11.2. The number of hydrogen-bond acceptors (Lipinski definition) is 1. The normalized spacial score (nSPS) is 27.1. The molecular weight excluding hydrogens is 244 g/mol. The second-order valence-electron chi connectivity index (χ2n) is 6.68. The highest BCUT2D eigenvalue weighted by molar-refractivity contribution is 5.37. The summed E-state index contributed by atoms with van der Waals surface area (Å²) in [5.74, 6) is 1.24. The Morgan fingerprint density at radius 2 is 2.05 bits per heavy atom. The van der Waals surface area contributed by atoms with Crippen molar-refractivity contribution in [3.05, 3.63) is 35.4 Å². The zero-order valence-corrected chi connectivity index (χ0v) is 13.4. The van der Waals surface area contributed by atoms with Crippen molar-refractivity contribution in [2.24, 2.45) is 5.92 Å². The molecule has 0 heterocycles. The molecule has 0 aliphatic heterocycles. The second kappa shape index (κ2) is 6.76. The van der Waals surface area contributed by atoms with E-state index in [4.69, 9.17) is 0 Å². The zero-order chi connectivity index (χ0) is 14.6. The number of fused-ring (bicyclic) bond motifs is 1. The van der Waals surface area contributed by atoms with Gasteiger partial charge in [-0.15, -0.1) is 0 Å². The smallest absolute Gasteiger partial charge is 0.0902 e. The molecule has 1 aromatic rings. The van der Waals surface area contributed by atoms with E-state index >= 15 is 0 Å². The van der Waals surface area contributed by atoms with Crippen LogP contribution in [0.5, 0.6) is 0 Å². The van der Waals surface area contributed by atoms with Crippen molar-refractivity contribution >= 4 is 0 Å². The Hall–Kier alpha value is -0.820. The Balaban J connectivity index is 2.19. The van der Waals surface area contributed by atoms with Gasteiger partial charge in [0.25, 0.3) is 0 Å². The van der Waals surface area contributed by atoms with Crippen molar-refractivity contribution in [2.45, 2.75) is 77.2 Å². The molecule has 20 heavy (non-hydrogen) atoms. The average Bonchev–Trinajstić information content (AvgIpc) is 2.48. The van der Waals surface area contributed by atoms with Crippen molar-refractivity contribution in [2.75, 3.05) is 0 Å². The summed E-state index contributed by atoms with van der Waals surface area (Å²) >= 11 is 0. The Morgan fingerprint density at radius 3 is 2.75 bits per heavy atom. The van der Waals surface area contributed by atoms with Crippen LogP contribution in [-0.2, 0) is 5.60 Å². The van der Waals surface area contributed by atoms with Crippen LogP contribution < -0.4 is 0 Å². The molecule has 1 heteroatoms. The zero-order valence-electron chi connectivity index (χ0n) is 13.4. The molecule has 3 atom stereocenters. The van der Waals surface area contributed by atoms with Crippen LogP contribution in [0.2, 0.25) is 0 Å². The fraction of sp³-hybridized carbons (Fsp3) is 0.684.